The van der Waals surface area contributed by atoms with Crippen molar-refractivity contribution in [1.82, 2.24) is 9.97 Å². The van der Waals surface area contributed by atoms with Crippen LogP contribution in [0, 0.1) is 5.41 Å². The molecule has 0 spiro atoms. The van der Waals surface area contributed by atoms with E-state index in [0.29, 0.717) is 11.6 Å². The summed E-state index contributed by atoms with van der Waals surface area (Å²) in [5.74, 6) is 1.14. The van der Waals surface area contributed by atoms with Gasteiger partial charge in [-0.05, 0) is 12.8 Å². The van der Waals surface area contributed by atoms with Crippen molar-refractivity contribution in [2.45, 2.75) is 25.7 Å². The van der Waals surface area contributed by atoms with Crippen LogP contribution >= 0.6 is 0 Å². The summed E-state index contributed by atoms with van der Waals surface area (Å²) in [6.45, 7) is 0.991. The lowest BCUT2D eigenvalue weighted by Gasteiger charge is -2.26. The molecule has 0 amide bonds. The predicted octanol–water partition coefficient (Wildman–Crippen LogP) is 1.02. The molecule has 0 unspecified atom stereocenters. The van der Waals surface area contributed by atoms with Gasteiger partial charge in [-0.25, -0.2) is 9.97 Å². The van der Waals surface area contributed by atoms with Crippen LogP contribution in [0.2, 0.25) is 0 Å². The Balaban J connectivity index is 1.93. The van der Waals surface area contributed by atoms with E-state index in [1.165, 1.54) is 19.0 Å². The van der Waals surface area contributed by atoms with Crippen LogP contribution in [0.25, 0.3) is 0 Å². The number of nitrogen functional groups attached to an aromatic ring is 1. The van der Waals surface area contributed by atoms with Crippen molar-refractivity contribution in [2.24, 2.45) is 5.41 Å². The summed E-state index contributed by atoms with van der Waals surface area (Å²) < 4.78 is 0. The maximum atomic E-state index is 9.44. The first-order valence-electron chi connectivity index (χ1n) is 5.66. The second-order valence-electron chi connectivity index (χ2n) is 4.55. The van der Waals surface area contributed by atoms with Crippen LogP contribution < -0.4 is 11.1 Å². The molecule has 5 nitrogen and oxygen atoms in total. The van der Waals surface area contributed by atoms with Crippen LogP contribution in [0.3, 0.4) is 0 Å². The van der Waals surface area contributed by atoms with E-state index in [-0.39, 0.29) is 12.0 Å². The minimum Gasteiger partial charge on any atom is -0.396 e. The molecule has 88 valence electrons. The topological polar surface area (TPSA) is 84.1 Å². The van der Waals surface area contributed by atoms with Gasteiger partial charge < -0.3 is 16.2 Å². The Kier molecular flexibility index (Phi) is 3.24. The van der Waals surface area contributed by atoms with Crippen molar-refractivity contribution in [3.05, 3.63) is 12.4 Å². The molecule has 1 fully saturated rings. The van der Waals surface area contributed by atoms with Crippen LogP contribution in [0.4, 0.5) is 11.6 Å². The maximum Gasteiger partial charge on any atom is 0.144 e. The lowest BCUT2D eigenvalue weighted by Crippen LogP contribution is -2.30. The first kappa shape index (κ1) is 11.1. The van der Waals surface area contributed by atoms with E-state index in [1.54, 1.807) is 6.20 Å². The Hall–Kier alpha value is -1.36. The van der Waals surface area contributed by atoms with Gasteiger partial charge in [0.15, 0.2) is 0 Å². The lowest BCUT2D eigenvalue weighted by atomic mass is 9.87. The van der Waals surface area contributed by atoms with Gasteiger partial charge in [-0.3, -0.25) is 0 Å². The van der Waals surface area contributed by atoms with Crippen molar-refractivity contribution < 1.29 is 5.11 Å². The van der Waals surface area contributed by atoms with E-state index in [2.05, 4.69) is 15.3 Å². The summed E-state index contributed by atoms with van der Waals surface area (Å²) in [5.41, 5.74) is 5.49. The van der Waals surface area contributed by atoms with Gasteiger partial charge in [-0.1, -0.05) is 12.8 Å². The number of hydrogen-bond acceptors (Lipinski definition) is 5. The molecule has 0 bridgehead atoms. The fourth-order valence-corrected chi connectivity index (χ4v) is 2.22. The fraction of sp³-hybridized carbons (Fsp3) is 0.636. The normalized spacial score (nSPS) is 18.6. The standard InChI is InChI=1S/C11H18N4O/c12-9-5-14-10(6-13-9)15-7-11(8-16)3-1-2-4-11/h5-6,16H,1-4,7-8H2,(H2,12,13)(H,14,15). The summed E-state index contributed by atoms with van der Waals surface area (Å²) >= 11 is 0. The molecule has 5 heteroatoms. The van der Waals surface area contributed by atoms with Gasteiger partial charge in [0.1, 0.15) is 11.6 Å². The largest absolute Gasteiger partial charge is 0.396 e. The second kappa shape index (κ2) is 4.65. The predicted molar refractivity (Wildman–Crippen MR) is 62.9 cm³/mol. The molecule has 1 heterocycles. The van der Waals surface area contributed by atoms with E-state index in [4.69, 9.17) is 5.73 Å². The summed E-state index contributed by atoms with van der Waals surface area (Å²) in [6, 6.07) is 0. The highest BCUT2D eigenvalue weighted by molar-refractivity contribution is 5.36. The van der Waals surface area contributed by atoms with Gasteiger partial charge in [0.2, 0.25) is 0 Å². The average molecular weight is 222 g/mol. The number of anilines is 2. The Morgan fingerprint density at radius 3 is 2.62 bits per heavy atom. The van der Waals surface area contributed by atoms with Crippen molar-refractivity contribution in [3.63, 3.8) is 0 Å². The molecule has 1 aromatic heterocycles. The van der Waals surface area contributed by atoms with Crippen molar-refractivity contribution in [2.75, 3.05) is 24.2 Å². The highest BCUT2D eigenvalue weighted by Crippen LogP contribution is 2.37. The molecule has 0 atom stereocenters. The zero-order chi connectivity index (χ0) is 11.4. The molecule has 1 aromatic rings. The van der Waals surface area contributed by atoms with Gasteiger partial charge in [0, 0.05) is 12.0 Å². The first-order valence-corrected chi connectivity index (χ1v) is 5.66. The molecule has 0 aromatic carbocycles. The van der Waals surface area contributed by atoms with Crippen LogP contribution in [0.5, 0.6) is 0 Å². The number of nitrogens with two attached hydrogens (primary N) is 1. The van der Waals surface area contributed by atoms with Crippen molar-refractivity contribution in [1.29, 1.82) is 0 Å². The molecule has 2 rings (SSSR count). The van der Waals surface area contributed by atoms with E-state index < -0.39 is 0 Å². The summed E-state index contributed by atoms with van der Waals surface area (Å²) in [7, 11) is 0. The second-order valence-corrected chi connectivity index (χ2v) is 4.55. The number of hydrogen-bond donors (Lipinski definition) is 3. The smallest absolute Gasteiger partial charge is 0.144 e. The quantitative estimate of drug-likeness (QED) is 0.708. The zero-order valence-electron chi connectivity index (χ0n) is 9.32. The van der Waals surface area contributed by atoms with Gasteiger partial charge in [-0.2, -0.15) is 0 Å². The third-order valence-electron chi connectivity index (χ3n) is 3.32. The number of nitrogens with one attached hydrogen (secondary N) is 1. The summed E-state index contributed by atoms with van der Waals surface area (Å²) in [6.07, 6.45) is 7.72. The third kappa shape index (κ3) is 2.41. The third-order valence-corrected chi connectivity index (χ3v) is 3.32. The number of aliphatic hydroxyl groups is 1. The highest BCUT2D eigenvalue weighted by Gasteiger charge is 2.32. The fourth-order valence-electron chi connectivity index (χ4n) is 2.22. The van der Waals surface area contributed by atoms with E-state index in [1.807, 2.05) is 0 Å². The number of nitrogens with zero attached hydrogens (tertiary/aromatic N) is 2. The maximum absolute atomic E-state index is 9.44. The monoisotopic (exact) mass is 222 g/mol. The van der Waals surface area contributed by atoms with Gasteiger partial charge in [0.05, 0.1) is 19.0 Å². The van der Waals surface area contributed by atoms with E-state index >= 15 is 0 Å². The van der Waals surface area contributed by atoms with Gasteiger partial charge in [0.25, 0.3) is 0 Å². The summed E-state index contributed by atoms with van der Waals surface area (Å²) in [5, 5.41) is 12.7. The van der Waals surface area contributed by atoms with E-state index in [0.717, 1.165) is 19.4 Å². The van der Waals surface area contributed by atoms with Crippen LogP contribution in [0.1, 0.15) is 25.7 Å². The molecule has 1 aliphatic rings. The molecule has 1 saturated carbocycles. The summed E-state index contributed by atoms with van der Waals surface area (Å²) in [4.78, 5) is 8.09. The minimum absolute atomic E-state index is 0.0308. The Morgan fingerprint density at radius 1 is 1.31 bits per heavy atom. The average Bonchev–Trinajstić information content (AvgIpc) is 2.78. The van der Waals surface area contributed by atoms with E-state index in [9.17, 15) is 5.11 Å². The molecule has 4 N–H and O–H groups in total. The first-order chi connectivity index (χ1) is 7.74. The number of aromatic nitrogens is 2. The Bertz CT molecular complexity index is 332. The SMILES string of the molecule is Nc1cnc(NCC2(CO)CCCC2)cn1. The number of aliphatic hydroxyl groups excluding tert-OH is 1. The molecule has 0 saturated heterocycles. The molecule has 0 aliphatic heterocycles. The molecule has 0 radical (unpaired) electrons. The van der Waals surface area contributed by atoms with Crippen LogP contribution in [-0.2, 0) is 0 Å². The Morgan fingerprint density at radius 2 is 2.06 bits per heavy atom. The van der Waals surface area contributed by atoms with Crippen LogP contribution in [-0.4, -0.2) is 28.2 Å². The zero-order valence-corrected chi connectivity index (χ0v) is 9.32. The molecular weight excluding hydrogens is 204 g/mol. The highest BCUT2D eigenvalue weighted by atomic mass is 16.3. The minimum atomic E-state index is 0.0308. The van der Waals surface area contributed by atoms with Crippen molar-refractivity contribution in [3.8, 4) is 0 Å². The molecule has 16 heavy (non-hydrogen) atoms. The van der Waals surface area contributed by atoms with Crippen molar-refractivity contribution >= 4 is 11.6 Å². The van der Waals surface area contributed by atoms with Crippen LogP contribution in [0.15, 0.2) is 12.4 Å². The number of rotatable bonds is 4. The Labute approximate surface area is 95.1 Å². The van der Waals surface area contributed by atoms with Gasteiger partial charge >= 0.3 is 0 Å². The molecular formula is C11H18N4O. The molecule has 1 aliphatic carbocycles. The van der Waals surface area contributed by atoms with Gasteiger partial charge in [-0.15, -0.1) is 0 Å². The lowest BCUT2D eigenvalue weighted by molar-refractivity contribution is 0.142.